The van der Waals surface area contributed by atoms with Crippen LogP contribution in [0, 0.1) is 0 Å². The Morgan fingerprint density at radius 2 is 1.69 bits per heavy atom. The highest BCUT2D eigenvalue weighted by molar-refractivity contribution is 6.10. The number of H-pyrrole nitrogens is 1. The largest absolute Gasteiger partial charge is 0.360 e. The normalized spacial score (nSPS) is 16.6. The van der Waals surface area contributed by atoms with Crippen molar-refractivity contribution in [2.24, 2.45) is 0 Å². The fourth-order valence-corrected chi connectivity index (χ4v) is 4.05. The number of rotatable bonds is 6. The van der Waals surface area contributed by atoms with Gasteiger partial charge in [-0.05, 0) is 11.6 Å². The number of para-hydroxylation sites is 1. The van der Waals surface area contributed by atoms with E-state index in [0.29, 0.717) is 6.54 Å². The first kappa shape index (κ1) is 19.4. The van der Waals surface area contributed by atoms with Gasteiger partial charge in [0.2, 0.25) is 5.91 Å². The summed E-state index contributed by atoms with van der Waals surface area (Å²) >= 11 is 0. The van der Waals surface area contributed by atoms with Crippen molar-refractivity contribution in [2.75, 3.05) is 39.8 Å². The van der Waals surface area contributed by atoms with Crippen LogP contribution in [0.1, 0.15) is 22.0 Å². The predicted molar refractivity (Wildman–Crippen MR) is 114 cm³/mol. The fraction of sp³-hybridized carbons (Fsp3) is 0.304. The standard InChI is InChI=1S/C23H26N4O2/c1-24-21(28)16-26-11-13-27(14-12-26)22(17-7-3-2-4-8-17)23(29)19-15-25-20-10-6-5-9-18(19)20/h2-10,15,22,25H,11-14,16H2,1H3,(H,24,28)/t22-/m1/s1. The monoisotopic (exact) mass is 390 g/mol. The second-order valence-corrected chi connectivity index (χ2v) is 7.41. The average molecular weight is 390 g/mol. The van der Waals surface area contributed by atoms with Crippen LogP contribution in [0.5, 0.6) is 0 Å². The first-order valence-corrected chi connectivity index (χ1v) is 9.99. The lowest BCUT2D eigenvalue weighted by molar-refractivity contribution is -0.122. The molecule has 1 aliphatic heterocycles. The van der Waals surface area contributed by atoms with E-state index in [9.17, 15) is 9.59 Å². The average Bonchev–Trinajstić information content (AvgIpc) is 3.20. The van der Waals surface area contributed by atoms with Crippen LogP contribution in [0.15, 0.2) is 60.8 Å². The third kappa shape index (κ3) is 4.09. The first-order chi connectivity index (χ1) is 14.2. The van der Waals surface area contributed by atoms with Crippen LogP contribution >= 0.6 is 0 Å². The minimum atomic E-state index is -0.336. The summed E-state index contributed by atoms with van der Waals surface area (Å²) in [5, 5.41) is 3.63. The van der Waals surface area contributed by atoms with E-state index in [1.807, 2.05) is 60.8 Å². The summed E-state index contributed by atoms with van der Waals surface area (Å²) in [6.45, 7) is 3.40. The Balaban J connectivity index is 1.60. The molecule has 150 valence electrons. The zero-order valence-corrected chi connectivity index (χ0v) is 16.6. The van der Waals surface area contributed by atoms with Crippen LogP contribution in [0.25, 0.3) is 10.9 Å². The topological polar surface area (TPSA) is 68.4 Å². The van der Waals surface area contributed by atoms with Gasteiger partial charge in [-0.3, -0.25) is 19.4 Å². The van der Waals surface area contributed by atoms with Crippen molar-refractivity contribution in [2.45, 2.75) is 6.04 Å². The molecule has 3 aromatic rings. The van der Waals surface area contributed by atoms with Crippen LogP contribution in [-0.4, -0.2) is 66.2 Å². The maximum Gasteiger partial charge on any atom is 0.233 e. The number of aromatic amines is 1. The molecule has 0 bridgehead atoms. The molecule has 1 saturated heterocycles. The van der Waals surface area contributed by atoms with E-state index in [0.717, 1.165) is 48.2 Å². The SMILES string of the molecule is CNC(=O)CN1CCN([C@@H](C(=O)c2c[nH]c3ccccc23)c2ccccc2)CC1. The van der Waals surface area contributed by atoms with E-state index < -0.39 is 0 Å². The highest BCUT2D eigenvalue weighted by Gasteiger charge is 2.32. The van der Waals surface area contributed by atoms with Crippen LogP contribution < -0.4 is 5.32 Å². The number of fused-ring (bicyclic) bond motifs is 1. The Morgan fingerprint density at radius 3 is 2.41 bits per heavy atom. The van der Waals surface area contributed by atoms with Gasteiger partial charge in [-0.1, -0.05) is 48.5 Å². The van der Waals surface area contributed by atoms with Crippen molar-refractivity contribution in [1.82, 2.24) is 20.1 Å². The lowest BCUT2D eigenvalue weighted by atomic mass is 9.95. The second-order valence-electron chi connectivity index (χ2n) is 7.41. The van der Waals surface area contributed by atoms with Gasteiger partial charge in [0.15, 0.2) is 5.78 Å². The van der Waals surface area contributed by atoms with Gasteiger partial charge in [-0.2, -0.15) is 0 Å². The van der Waals surface area contributed by atoms with Gasteiger partial charge >= 0.3 is 0 Å². The van der Waals surface area contributed by atoms with Gasteiger partial charge in [0, 0.05) is 55.9 Å². The molecule has 1 atom stereocenters. The molecule has 0 saturated carbocycles. The number of nitrogens with one attached hydrogen (secondary N) is 2. The Kier molecular flexibility index (Phi) is 5.74. The molecule has 1 fully saturated rings. The van der Waals surface area contributed by atoms with Crippen molar-refractivity contribution < 1.29 is 9.59 Å². The zero-order chi connectivity index (χ0) is 20.2. The number of nitrogens with zero attached hydrogens (tertiary/aromatic N) is 2. The minimum Gasteiger partial charge on any atom is -0.360 e. The minimum absolute atomic E-state index is 0.0212. The molecular formula is C23H26N4O2. The molecule has 0 spiro atoms. The fourth-order valence-electron chi connectivity index (χ4n) is 4.05. The number of hydrogen-bond donors (Lipinski definition) is 2. The van der Waals surface area contributed by atoms with Crippen LogP contribution in [0.4, 0.5) is 0 Å². The maximum atomic E-state index is 13.7. The summed E-state index contributed by atoms with van der Waals surface area (Å²) < 4.78 is 0. The van der Waals surface area contributed by atoms with Gasteiger partial charge < -0.3 is 10.3 Å². The number of Topliss-reactive ketones (excluding diaryl/α,β-unsaturated/α-hetero) is 1. The van der Waals surface area contributed by atoms with Gasteiger partial charge in [0.1, 0.15) is 0 Å². The lowest BCUT2D eigenvalue weighted by Gasteiger charge is -2.38. The Labute approximate surface area is 170 Å². The summed E-state index contributed by atoms with van der Waals surface area (Å²) in [6, 6.07) is 17.5. The zero-order valence-electron chi connectivity index (χ0n) is 16.6. The van der Waals surface area contributed by atoms with Gasteiger partial charge in [-0.15, -0.1) is 0 Å². The molecule has 29 heavy (non-hydrogen) atoms. The second kappa shape index (κ2) is 8.59. The van der Waals surface area contributed by atoms with E-state index in [1.54, 1.807) is 7.05 Å². The van der Waals surface area contributed by atoms with Crippen molar-refractivity contribution in [3.63, 3.8) is 0 Å². The van der Waals surface area contributed by atoms with E-state index in [-0.39, 0.29) is 17.7 Å². The molecule has 6 heteroatoms. The smallest absolute Gasteiger partial charge is 0.233 e. The van der Waals surface area contributed by atoms with Crippen LogP contribution in [0.3, 0.4) is 0 Å². The molecule has 2 heterocycles. The molecule has 1 amide bonds. The third-order valence-corrected chi connectivity index (χ3v) is 5.64. The molecule has 6 nitrogen and oxygen atoms in total. The molecule has 0 aliphatic carbocycles. The summed E-state index contributed by atoms with van der Waals surface area (Å²) in [5.41, 5.74) is 2.70. The van der Waals surface area contributed by atoms with Gasteiger partial charge in [0.25, 0.3) is 0 Å². The van der Waals surface area contributed by atoms with E-state index >= 15 is 0 Å². The number of amides is 1. The van der Waals surface area contributed by atoms with Crippen LogP contribution in [0.2, 0.25) is 0 Å². The highest BCUT2D eigenvalue weighted by Crippen LogP contribution is 2.29. The summed E-state index contributed by atoms with van der Waals surface area (Å²) in [6.07, 6.45) is 1.82. The molecular weight excluding hydrogens is 364 g/mol. The predicted octanol–water partition coefficient (Wildman–Crippen LogP) is 2.46. The lowest BCUT2D eigenvalue weighted by Crippen LogP contribution is -2.51. The molecule has 1 aromatic heterocycles. The molecule has 2 N–H and O–H groups in total. The molecule has 2 aromatic carbocycles. The maximum absolute atomic E-state index is 13.7. The van der Waals surface area contributed by atoms with Gasteiger partial charge in [0.05, 0.1) is 12.6 Å². The number of ketones is 1. The van der Waals surface area contributed by atoms with Crippen molar-refractivity contribution >= 4 is 22.6 Å². The number of carbonyl (C=O) groups excluding carboxylic acids is 2. The number of likely N-dealkylation sites (N-methyl/N-ethyl adjacent to an activating group) is 1. The molecule has 0 radical (unpaired) electrons. The first-order valence-electron chi connectivity index (χ1n) is 9.99. The Bertz CT molecular complexity index is 990. The number of benzene rings is 2. The number of aromatic nitrogens is 1. The van der Waals surface area contributed by atoms with Gasteiger partial charge in [-0.25, -0.2) is 0 Å². The summed E-state index contributed by atoms with van der Waals surface area (Å²) in [4.78, 5) is 33.0. The highest BCUT2D eigenvalue weighted by atomic mass is 16.2. The number of carbonyl (C=O) groups is 2. The quantitative estimate of drug-likeness (QED) is 0.635. The number of hydrogen-bond acceptors (Lipinski definition) is 4. The molecule has 1 aliphatic rings. The van der Waals surface area contributed by atoms with Crippen molar-refractivity contribution in [1.29, 1.82) is 0 Å². The number of piperazine rings is 1. The Morgan fingerprint density at radius 1 is 1.00 bits per heavy atom. The van der Waals surface area contributed by atoms with E-state index in [2.05, 4.69) is 20.1 Å². The third-order valence-electron chi connectivity index (χ3n) is 5.64. The summed E-state index contributed by atoms with van der Waals surface area (Å²) in [7, 11) is 1.66. The van der Waals surface area contributed by atoms with Crippen molar-refractivity contribution in [3.8, 4) is 0 Å². The van der Waals surface area contributed by atoms with Crippen molar-refractivity contribution in [3.05, 3.63) is 71.9 Å². The van der Waals surface area contributed by atoms with E-state index in [1.165, 1.54) is 0 Å². The Hall–Kier alpha value is -2.96. The summed E-state index contributed by atoms with van der Waals surface area (Å²) in [5.74, 6) is 0.126. The van der Waals surface area contributed by atoms with Crippen LogP contribution in [-0.2, 0) is 4.79 Å². The van der Waals surface area contributed by atoms with E-state index in [4.69, 9.17) is 0 Å². The molecule has 4 rings (SSSR count). The molecule has 0 unspecified atom stereocenters.